The number of halogens is 2. The van der Waals surface area contributed by atoms with E-state index in [0.717, 1.165) is 52.3 Å². The Morgan fingerprint density at radius 1 is 0.740 bits per heavy atom. The fourth-order valence-corrected chi connectivity index (χ4v) is 9.69. The van der Waals surface area contributed by atoms with Crippen LogP contribution in [0.4, 0.5) is 0 Å². The molecule has 12 atom stereocenters. The van der Waals surface area contributed by atoms with Crippen molar-refractivity contribution in [3.8, 4) is 0 Å². The molecule has 278 valence electrons. The van der Waals surface area contributed by atoms with Crippen LogP contribution in [0.3, 0.4) is 0 Å². The molecule has 9 nitrogen and oxygen atoms in total. The second-order valence-corrected chi connectivity index (χ2v) is 15.4. The molecule has 5 aliphatic heterocycles. The third-order valence-electron chi connectivity index (χ3n) is 13.0. The van der Waals surface area contributed by atoms with Gasteiger partial charge in [-0.3, -0.25) is 9.59 Å². The van der Waals surface area contributed by atoms with E-state index in [1.165, 1.54) is 12.8 Å². The maximum atomic E-state index is 12.6. The van der Waals surface area contributed by atoms with Gasteiger partial charge in [0.1, 0.15) is 48.3 Å². The summed E-state index contributed by atoms with van der Waals surface area (Å²) in [6.07, 6.45) is 6.73. The van der Waals surface area contributed by atoms with Gasteiger partial charge in [0.25, 0.3) is 0 Å². The number of hydrogen-bond acceptors (Lipinski definition) is 7. The summed E-state index contributed by atoms with van der Waals surface area (Å²) in [6, 6.07) is 21.5. The van der Waals surface area contributed by atoms with Crippen LogP contribution < -0.4 is 34.0 Å². The van der Waals surface area contributed by atoms with Gasteiger partial charge in [-0.05, 0) is 31.9 Å². The number of nitrogens with zero attached hydrogens (tertiary/aromatic N) is 2. The van der Waals surface area contributed by atoms with E-state index in [9.17, 15) is 19.8 Å². The lowest BCUT2D eigenvalue weighted by atomic mass is 9.94. The number of likely N-dealkylation sites (N-methyl/N-ethyl adjacent to an activating group) is 1. The first kappa shape index (κ1) is 40.9. The monoisotopic (exact) mass is 822 g/mol. The highest BCUT2D eigenvalue weighted by molar-refractivity contribution is 5.79. The predicted molar refractivity (Wildman–Crippen MR) is 182 cm³/mol. The fraction of sp³-hybridized carbons (Fsp3) is 0.641. The second-order valence-electron chi connectivity index (χ2n) is 15.4. The lowest BCUT2D eigenvalue weighted by Crippen LogP contribution is -3.00. The van der Waals surface area contributed by atoms with E-state index in [-0.39, 0.29) is 71.3 Å². The number of quaternary nitrogens is 2. The minimum absolute atomic E-state index is 0. The van der Waals surface area contributed by atoms with Crippen molar-refractivity contribution in [3.63, 3.8) is 0 Å². The molecule has 7 rings (SSSR count). The number of morpholine rings is 1. The molecule has 0 aliphatic carbocycles. The molecule has 5 aliphatic rings. The molecule has 0 saturated carbocycles. The van der Waals surface area contributed by atoms with Crippen LogP contribution in [0, 0.1) is 0 Å². The third-order valence-corrected chi connectivity index (χ3v) is 13.0. The number of aliphatic hydroxyl groups excluding tert-OH is 2. The first-order valence-electron chi connectivity index (χ1n) is 18.1. The first-order valence-corrected chi connectivity index (χ1v) is 18.1. The molecular formula is C39H56Br2N2O7. The molecule has 5 saturated heterocycles. The maximum absolute atomic E-state index is 12.6. The van der Waals surface area contributed by atoms with Gasteiger partial charge in [0.05, 0.1) is 52.0 Å². The maximum Gasteiger partial charge on any atom is 0.316 e. The number of esters is 2. The molecule has 0 spiro atoms. The smallest absolute Gasteiger partial charge is 0.316 e. The Morgan fingerprint density at radius 2 is 1.14 bits per heavy atom. The average molecular weight is 825 g/mol. The summed E-state index contributed by atoms with van der Waals surface area (Å²) >= 11 is 0. The van der Waals surface area contributed by atoms with E-state index in [1.807, 2.05) is 60.7 Å². The molecule has 5 fully saturated rings. The Hall–Kier alpha value is -1.86. The Labute approximate surface area is 319 Å². The summed E-state index contributed by atoms with van der Waals surface area (Å²) in [7, 11) is 4.68. The highest BCUT2D eigenvalue weighted by Gasteiger charge is 2.71. The largest absolute Gasteiger partial charge is 1.00 e. The van der Waals surface area contributed by atoms with E-state index in [4.69, 9.17) is 14.2 Å². The Bertz CT molecular complexity index is 1380. The number of aliphatic hydroxyl groups is 2. The van der Waals surface area contributed by atoms with Crippen molar-refractivity contribution in [1.82, 2.24) is 0 Å². The van der Waals surface area contributed by atoms with Gasteiger partial charge in [-0.2, -0.15) is 0 Å². The summed E-state index contributed by atoms with van der Waals surface area (Å²) in [5.41, 5.74) is 1.63. The molecule has 0 amide bonds. The van der Waals surface area contributed by atoms with Crippen LogP contribution in [0.15, 0.2) is 60.7 Å². The third kappa shape index (κ3) is 7.75. The number of carbonyl (C=O) groups is 2. The molecule has 0 aromatic heterocycles. The van der Waals surface area contributed by atoms with Crippen LogP contribution in [0.2, 0.25) is 0 Å². The van der Waals surface area contributed by atoms with Crippen LogP contribution >= 0.6 is 0 Å². The van der Waals surface area contributed by atoms with Gasteiger partial charge in [0.2, 0.25) is 0 Å². The van der Waals surface area contributed by atoms with Gasteiger partial charge in [0.15, 0.2) is 0 Å². The number of hydrogen-bond donors (Lipinski definition) is 2. The van der Waals surface area contributed by atoms with Crippen molar-refractivity contribution in [2.45, 2.75) is 126 Å². The molecule has 2 aromatic rings. The molecule has 4 bridgehead atoms. The number of carbonyl (C=O) groups excluding carboxylic acids is 2. The summed E-state index contributed by atoms with van der Waals surface area (Å²) in [6.45, 7) is 7.50. The minimum Gasteiger partial charge on any atom is -1.00 e. The van der Waals surface area contributed by atoms with Gasteiger partial charge >= 0.3 is 11.9 Å². The highest BCUT2D eigenvalue weighted by atomic mass is 79.9. The van der Waals surface area contributed by atoms with Gasteiger partial charge in [-0.1, -0.05) is 60.7 Å². The average Bonchev–Trinajstić information content (AvgIpc) is 3.83. The van der Waals surface area contributed by atoms with Crippen molar-refractivity contribution >= 4 is 11.9 Å². The van der Waals surface area contributed by atoms with E-state index in [2.05, 4.69) is 34.9 Å². The van der Waals surface area contributed by atoms with Crippen molar-refractivity contribution in [3.05, 3.63) is 71.8 Å². The molecule has 5 unspecified atom stereocenters. The number of benzene rings is 2. The fourth-order valence-electron chi connectivity index (χ4n) is 9.69. The van der Waals surface area contributed by atoms with Crippen molar-refractivity contribution in [1.29, 1.82) is 0 Å². The van der Waals surface area contributed by atoms with E-state index in [1.54, 1.807) is 0 Å². The number of ether oxygens (including phenoxy) is 3. The standard InChI is InChI=1S/C20H30NO3.C19H26NO4.2BrH/c1-14(2)21(3)16-9-10-17(21)12-18(11-16)24-20(23)19(13-22)15-7-5-4-6-8-15;1-3-20(2)15-9-13(10-16(20)18-17(15)24-18)23-19(22)14(11-21)12-7-5-4-6-8-12;;/h4-8,14,16-19,22H,9-13H2,1-3H3;4-8,13-18,21H,3,9-11H2,1-2H3;2*1H/q2*+1;;/p-2/t16-,17+,18?,19?,21?;13?,14-,15-,16+,17-,18+,20?;;/m.1../s1. The number of epoxide rings is 1. The van der Waals surface area contributed by atoms with Crippen LogP contribution in [-0.4, -0.2) is 120 Å². The van der Waals surface area contributed by atoms with Crippen LogP contribution in [0.1, 0.15) is 82.3 Å². The molecule has 2 N–H and O–H groups in total. The zero-order valence-corrected chi connectivity index (χ0v) is 33.2. The molecule has 50 heavy (non-hydrogen) atoms. The highest BCUT2D eigenvalue weighted by Crippen LogP contribution is 2.52. The topological polar surface area (TPSA) is 106 Å². The molecule has 5 heterocycles. The quantitative estimate of drug-likeness (QED) is 0.168. The van der Waals surface area contributed by atoms with Gasteiger partial charge in [-0.15, -0.1) is 0 Å². The number of fused-ring (bicyclic) bond motifs is 7. The lowest BCUT2D eigenvalue weighted by Gasteiger charge is -2.49. The molecular weight excluding hydrogens is 768 g/mol. The van der Waals surface area contributed by atoms with E-state index >= 15 is 0 Å². The molecule has 2 aromatic carbocycles. The van der Waals surface area contributed by atoms with Crippen LogP contribution in [0.25, 0.3) is 0 Å². The van der Waals surface area contributed by atoms with Gasteiger partial charge in [0, 0.05) is 38.5 Å². The van der Waals surface area contributed by atoms with Crippen LogP contribution in [0.5, 0.6) is 0 Å². The lowest BCUT2D eigenvalue weighted by molar-refractivity contribution is -0.968. The summed E-state index contributed by atoms with van der Waals surface area (Å²) in [4.78, 5) is 25.2. The Balaban J connectivity index is 0.000000216. The second kappa shape index (κ2) is 16.9. The first-order chi connectivity index (χ1) is 23.0. The van der Waals surface area contributed by atoms with Crippen molar-refractivity contribution in [2.75, 3.05) is 33.9 Å². The number of piperidine rings is 2. The van der Waals surface area contributed by atoms with Crippen molar-refractivity contribution in [2.24, 2.45) is 0 Å². The SMILES string of the molecule is CC(C)[N+]1(C)[C@@H]2CC[C@H]1CC(OC(=O)C(CO)c1ccccc1)C2.CC[N+]1(C)[C@@H]2CC(OC(=O)[C@H](CO)c3ccccc3)C[C@H]1[C@@H]1O[C@@H]12.[Br-].[Br-]. The zero-order valence-electron chi connectivity index (χ0n) is 30.1. The van der Waals surface area contributed by atoms with Crippen molar-refractivity contribution < 1.29 is 76.9 Å². The number of rotatable bonds is 10. The van der Waals surface area contributed by atoms with E-state index < -0.39 is 11.8 Å². The minimum atomic E-state index is -0.594. The van der Waals surface area contributed by atoms with Gasteiger partial charge in [-0.25, -0.2) is 0 Å². The Morgan fingerprint density at radius 3 is 1.50 bits per heavy atom. The summed E-state index contributed by atoms with van der Waals surface area (Å²) < 4.78 is 19.6. The van der Waals surface area contributed by atoms with E-state index in [0.29, 0.717) is 42.4 Å². The predicted octanol–water partition coefficient (Wildman–Crippen LogP) is -1.69. The summed E-state index contributed by atoms with van der Waals surface area (Å²) in [5, 5.41) is 19.3. The normalized spacial score (nSPS) is 35.6. The summed E-state index contributed by atoms with van der Waals surface area (Å²) in [5.74, 6) is -1.76. The Kier molecular flexibility index (Phi) is 13.8. The molecule has 0 radical (unpaired) electrons. The van der Waals surface area contributed by atoms with Crippen LogP contribution in [-0.2, 0) is 23.8 Å². The molecule has 11 heteroatoms. The van der Waals surface area contributed by atoms with Gasteiger partial charge < -0.3 is 67.4 Å². The zero-order chi connectivity index (χ0) is 34.2.